The lowest BCUT2D eigenvalue weighted by Gasteiger charge is -2.33. The van der Waals surface area contributed by atoms with Gasteiger partial charge in [-0.05, 0) is 110 Å². The number of ether oxygens (including phenoxy) is 2. The molecule has 10 N–H and O–H groups in total. The van der Waals surface area contributed by atoms with E-state index in [9.17, 15) is 30.6 Å². The van der Waals surface area contributed by atoms with Gasteiger partial charge in [-0.3, -0.25) is 0 Å². The number of nitrogens with one attached hydrogen (secondary N) is 1. The molecule has 0 radical (unpaired) electrons. The molecule has 2 aromatic carbocycles. The molecule has 2 fully saturated rings. The number of aryl methyl sites for hydroxylation is 1. The van der Waals surface area contributed by atoms with Crippen molar-refractivity contribution in [2.45, 2.75) is 133 Å². The van der Waals surface area contributed by atoms with E-state index >= 15 is 0 Å². The maximum atomic E-state index is 11.3. The number of rotatable bonds is 19. The highest BCUT2D eigenvalue weighted by Crippen LogP contribution is 2.49. The van der Waals surface area contributed by atoms with Crippen molar-refractivity contribution in [1.29, 1.82) is 0 Å². The van der Waals surface area contributed by atoms with Crippen LogP contribution in [0.2, 0.25) is 0 Å². The van der Waals surface area contributed by atoms with Crippen molar-refractivity contribution >= 4 is 33.4 Å². The Hall–Kier alpha value is -2.95. The Balaban J connectivity index is 0.779. The monoisotopic (exact) mass is 930 g/mol. The van der Waals surface area contributed by atoms with Crippen LogP contribution >= 0.6 is 21.6 Å². The smallest absolute Gasteiger partial charge is 0.208 e. The number of unbranched alkanes of at least 4 members (excludes halogenated alkanes) is 2. The minimum atomic E-state index is -0.942. The molecule has 4 aliphatic heterocycles. The zero-order valence-corrected chi connectivity index (χ0v) is 39.6. The lowest BCUT2D eigenvalue weighted by Crippen LogP contribution is -2.36. The van der Waals surface area contributed by atoms with Gasteiger partial charge >= 0.3 is 0 Å². The molecule has 2 aromatic rings. The number of aliphatic hydroxyl groups excluding tert-OH is 5. The second kappa shape index (κ2) is 22.9. The predicted octanol–water partition coefficient (Wildman–Crippen LogP) is 7.18. The van der Waals surface area contributed by atoms with Gasteiger partial charge in [-0.1, -0.05) is 77.6 Å². The van der Waals surface area contributed by atoms with E-state index in [0.29, 0.717) is 54.5 Å². The van der Waals surface area contributed by atoms with E-state index in [0.717, 1.165) is 115 Å². The first-order valence-corrected chi connectivity index (χ1v) is 26.8. The summed E-state index contributed by atoms with van der Waals surface area (Å²) in [6.45, 7) is 3.09. The topological polar surface area (TPSA) is 194 Å². The van der Waals surface area contributed by atoms with Gasteiger partial charge in [0, 0.05) is 56.0 Å². The van der Waals surface area contributed by atoms with Crippen molar-refractivity contribution in [3.05, 3.63) is 99.7 Å². The Bertz CT molecular complexity index is 2040. The molecule has 0 saturated heterocycles. The molecule has 0 amide bonds. The summed E-state index contributed by atoms with van der Waals surface area (Å²) in [6.07, 6.45) is 20.3. The summed E-state index contributed by atoms with van der Waals surface area (Å²) >= 11 is 0. The van der Waals surface area contributed by atoms with E-state index < -0.39 is 18.3 Å². The zero-order valence-electron chi connectivity index (χ0n) is 38.0. The SMILES string of the molecule is CC(O)CNCC1[C+]2C=C(C(O)COc3cc(CC[C-]4C=C(CO)C(CCCCCC5CSSCc6c(CO)ccc7c6C=CC(CC5N)C7O)[OH+]4)ccc3O)N=C2CCC2CCCC21. The molecule has 7 aliphatic rings. The molecule has 2 saturated carbocycles. The minimum Gasteiger partial charge on any atom is -0.504 e. The quantitative estimate of drug-likeness (QED) is 0.0308. The molecule has 0 spiro atoms. The lowest BCUT2D eigenvalue weighted by atomic mass is 9.77. The summed E-state index contributed by atoms with van der Waals surface area (Å²) in [6, 6.07) is 9.28. The summed E-state index contributed by atoms with van der Waals surface area (Å²) in [5, 5.41) is 67.0. The zero-order chi connectivity index (χ0) is 45.5. The number of aromatic hydroxyl groups is 1. The Morgan fingerprint density at radius 2 is 1.92 bits per heavy atom. The average molecular weight is 931 g/mol. The van der Waals surface area contributed by atoms with E-state index in [1.807, 2.05) is 41.1 Å². The Morgan fingerprint density at radius 1 is 1.06 bits per heavy atom. The van der Waals surface area contributed by atoms with E-state index in [4.69, 9.17) is 20.2 Å². The maximum absolute atomic E-state index is 11.3. The van der Waals surface area contributed by atoms with Crippen molar-refractivity contribution < 1.29 is 40.1 Å². The second-order valence-electron chi connectivity index (χ2n) is 19.4. The first kappa shape index (κ1) is 48.5. The van der Waals surface area contributed by atoms with Crippen molar-refractivity contribution in [2.24, 2.45) is 40.3 Å². The van der Waals surface area contributed by atoms with Gasteiger partial charge in [0.05, 0.1) is 30.8 Å². The van der Waals surface area contributed by atoms with Gasteiger partial charge in [0.15, 0.2) is 17.6 Å². The first-order valence-electron chi connectivity index (χ1n) is 24.3. The van der Waals surface area contributed by atoms with Gasteiger partial charge in [0.2, 0.25) is 5.70 Å². The lowest BCUT2D eigenvalue weighted by molar-refractivity contribution is -0.0552. The summed E-state index contributed by atoms with van der Waals surface area (Å²) in [5.74, 6) is 5.18. The number of nitrogens with zero attached hydrogens (tertiary/aromatic N) is 1. The molecule has 3 aliphatic carbocycles. The van der Waals surface area contributed by atoms with Crippen LogP contribution in [-0.2, 0) is 18.8 Å². The van der Waals surface area contributed by atoms with Crippen LogP contribution in [0.25, 0.3) is 6.08 Å². The third kappa shape index (κ3) is 11.8. The van der Waals surface area contributed by atoms with Gasteiger partial charge < -0.3 is 51.2 Å². The van der Waals surface area contributed by atoms with Crippen LogP contribution in [-0.4, -0.2) is 97.5 Å². The number of fused-ring (bicyclic) bond motifs is 8. The maximum Gasteiger partial charge on any atom is 0.208 e. The molecule has 4 heterocycles. The van der Waals surface area contributed by atoms with Crippen LogP contribution < -0.4 is 15.8 Å². The van der Waals surface area contributed by atoms with Gasteiger partial charge in [0.25, 0.3) is 0 Å². The number of phenolic OH excluding ortho intramolecular Hbond substituents is 1. The van der Waals surface area contributed by atoms with E-state index in [1.165, 1.54) is 25.2 Å². The average Bonchev–Trinajstić information content (AvgIpc) is 4.04. The molecule has 10 unspecified atom stereocenters. The third-order valence-electron chi connectivity index (χ3n) is 15.0. The largest absolute Gasteiger partial charge is 0.504 e. The highest BCUT2D eigenvalue weighted by molar-refractivity contribution is 8.76. The van der Waals surface area contributed by atoms with Crippen LogP contribution in [0.4, 0.5) is 0 Å². The summed E-state index contributed by atoms with van der Waals surface area (Å²) in [7, 11) is 3.67. The van der Waals surface area contributed by atoms with Crippen LogP contribution in [0.5, 0.6) is 11.5 Å². The van der Waals surface area contributed by atoms with Gasteiger partial charge in [-0.25, -0.2) is 0 Å². The van der Waals surface area contributed by atoms with Crippen molar-refractivity contribution in [3.63, 3.8) is 0 Å². The van der Waals surface area contributed by atoms with Crippen LogP contribution in [0.3, 0.4) is 0 Å². The number of aliphatic imine (C=N–C) groups is 1. The van der Waals surface area contributed by atoms with Crippen LogP contribution in [0.1, 0.15) is 118 Å². The Kier molecular flexibility index (Phi) is 17.1. The van der Waals surface area contributed by atoms with Gasteiger partial charge in [-0.2, -0.15) is 0 Å². The molecular formula is C52H72N3O8S2+. The van der Waals surface area contributed by atoms with Crippen molar-refractivity contribution in [1.82, 2.24) is 5.32 Å². The van der Waals surface area contributed by atoms with Crippen molar-refractivity contribution in [3.8, 4) is 11.5 Å². The van der Waals surface area contributed by atoms with Crippen LogP contribution in [0, 0.1) is 41.6 Å². The normalized spacial score (nSPS) is 28.4. The first-order chi connectivity index (χ1) is 31.6. The molecular weight excluding hydrogens is 859 g/mol. The Labute approximate surface area is 393 Å². The third-order valence-corrected chi connectivity index (χ3v) is 17.4. The van der Waals surface area contributed by atoms with E-state index in [2.05, 4.69) is 23.5 Å². The molecule has 0 aromatic heterocycles. The Morgan fingerprint density at radius 3 is 2.75 bits per heavy atom. The fraction of sp³-hybridized carbons (Fsp3) is 0.596. The molecule has 9 rings (SSSR count). The molecule has 354 valence electrons. The number of phenols is 1. The number of benzene rings is 2. The summed E-state index contributed by atoms with van der Waals surface area (Å²) < 4.78 is 11.1. The minimum absolute atomic E-state index is 0.00743. The summed E-state index contributed by atoms with van der Waals surface area (Å²) in [5.41, 5.74) is 14.6. The predicted molar refractivity (Wildman–Crippen MR) is 262 cm³/mol. The van der Waals surface area contributed by atoms with Gasteiger partial charge in [0.1, 0.15) is 30.4 Å². The molecule has 10 atom stereocenters. The number of aliphatic hydroxyl groups is 7. The number of hydrogen-bond donors (Lipinski definition) is 8. The number of allylic oxidation sites excluding steroid dienone is 1. The van der Waals surface area contributed by atoms with Gasteiger partial charge in [-0.15, -0.1) is 16.6 Å². The van der Waals surface area contributed by atoms with Crippen LogP contribution in [0.15, 0.2) is 64.8 Å². The fourth-order valence-electron chi connectivity index (χ4n) is 11.3. The second-order valence-corrected chi connectivity index (χ2v) is 21.9. The van der Waals surface area contributed by atoms with Crippen molar-refractivity contribution in [2.75, 3.05) is 32.1 Å². The molecule has 65 heavy (non-hydrogen) atoms. The fourth-order valence-corrected chi connectivity index (χ4v) is 13.9. The highest BCUT2D eigenvalue weighted by atomic mass is 33.1. The highest BCUT2D eigenvalue weighted by Gasteiger charge is 2.49. The molecule has 4 bridgehead atoms. The van der Waals surface area contributed by atoms with E-state index in [-0.39, 0.29) is 43.6 Å². The standard InChI is InChI=1S/C52H71N3O8S2/c1-31(58)24-54-25-43-39-8-5-7-33(39)14-18-46-42(43)23-47(55-46)49(60)28-62-51-20-32(11-19-48(51)59)10-15-38-21-37(27-57)50(63-38)9-4-2-3-6-36-29-64-65-30-44-35(26-56)13-17-41-40(44)16-12-34(52(41)61)22-45(36)53/h11-13,16-17,19-21,23,31,33-34,36,39,43,45,49-50,52,54,56-58,60-61,63H,2-10,14-15,18,22,24-30,53H2,1H3/p+1. The van der Waals surface area contributed by atoms with E-state index in [1.54, 1.807) is 23.8 Å². The summed E-state index contributed by atoms with van der Waals surface area (Å²) in [4.78, 5) is 4.93. The molecule has 13 heteroatoms. The number of hydrogen-bond acceptors (Lipinski definition) is 12. The number of nitrogens with two attached hydrogens (primary N) is 1. The molecule has 11 nitrogen and oxygen atoms in total.